The number of benzene rings is 1. The van der Waals surface area contributed by atoms with Gasteiger partial charge < -0.3 is 16.0 Å². The topological polar surface area (TPSA) is 78.9 Å². The molecule has 116 valence electrons. The maximum atomic E-state index is 11.9. The molecule has 0 aliphatic rings. The zero-order valence-corrected chi connectivity index (χ0v) is 14.1. The van der Waals surface area contributed by atoms with Crippen LogP contribution >= 0.6 is 23.6 Å². The number of para-hydroxylation sites is 1. The van der Waals surface area contributed by atoms with Gasteiger partial charge in [0.2, 0.25) is 16.2 Å². The van der Waals surface area contributed by atoms with Gasteiger partial charge in [0.15, 0.2) is 5.11 Å². The summed E-state index contributed by atoms with van der Waals surface area (Å²) in [6.07, 6.45) is 0. The highest BCUT2D eigenvalue weighted by atomic mass is 32.1. The summed E-state index contributed by atoms with van der Waals surface area (Å²) in [5.41, 5.74) is 0.398. The number of hydrogen-bond donors (Lipinski definition) is 3. The fourth-order valence-electron chi connectivity index (χ4n) is 1.39. The Bertz CT molecular complexity index is 663. The summed E-state index contributed by atoms with van der Waals surface area (Å²) >= 11 is 6.43. The number of nitrogens with zero attached hydrogens (tertiary/aromatic N) is 2. The molecule has 0 bridgehead atoms. The van der Waals surface area contributed by atoms with E-state index in [1.807, 2.05) is 51.1 Å². The summed E-state index contributed by atoms with van der Waals surface area (Å²) in [6.45, 7) is 5.50. The summed E-state index contributed by atoms with van der Waals surface area (Å²) in [4.78, 5) is 11.9. The molecule has 22 heavy (non-hydrogen) atoms. The number of carbonyl (C=O) groups excluding carboxylic acids is 1. The lowest BCUT2D eigenvalue weighted by atomic mass is 9.96. The minimum atomic E-state index is -0.483. The van der Waals surface area contributed by atoms with Crippen LogP contribution in [0.2, 0.25) is 0 Å². The van der Waals surface area contributed by atoms with Gasteiger partial charge in [0.1, 0.15) is 0 Å². The molecule has 2 aromatic rings. The number of thiocarbonyl (C=S) groups is 1. The normalized spacial score (nSPS) is 10.9. The van der Waals surface area contributed by atoms with E-state index in [0.29, 0.717) is 15.4 Å². The number of hydrogen-bond acceptors (Lipinski definition) is 5. The van der Waals surface area contributed by atoms with Crippen LogP contribution in [0.1, 0.15) is 20.8 Å². The van der Waals surface area contributed by atoms with Gasteiger partial charge in [0, 0.05) is 11.1 Å². The van der Waals surface area contributed by atoms with Crippen molar-refractivity contribution in [2.45, 2.75) is 20.8 Å². The van der Waals surface area contributed by atoms with E-state index in [-0.39, 0.29) is 5.91 Å². The van der Waals surface area contributed by atoms with Crippen molar-refractivity contribution < 1.29 is 4.79 Å². The predicted molar refractivity (Wildman–Crippen MR) is 94.3 cm³/mol. The monoisotopic (exact) mass is 335 g/mol. The standard InChI is InChI=1S/C14H17N5OS2/c1-14(2,3)10(20)16-12-18-19-13(22-12)17-11(21)15-9-7-5-4-6-8-9/h4-8H,1-3H3,(H,16,18,20)(H2,15,17,19,21). The van der Waals surface area contributed by atoms with Crippen molar-refractivity contribution in [2.24, 2.45) is 5.41 Å². The number of anilines is 3. The summed E-state index contributed by atoms with van der Waals surface area (Å²) in [5.74, 6) is -0.111. The number of aromatic nitrogens is 2. The van der Waals surface area contributed by atoms with Crippen LogP contribution in [0.5, 0.6) is 0 Å². The molecular weight excluding hydrogens is 318 g/mol. The lowest BCUT2D eigenvalue weighted by molar-refractivity contribution is -0.123. The van der Waals surface area contributed by atoms with Crippen LogP contribution in [-0.4, -0.2) is 21.2 Å². The van der Waals surface area contributed by atoms with E-state index >= 15 is 0 Å². The summed E-state index contributed by atoms with van der Waals surface area (Å²) < 4.78 is 0. The highest BCUT2D eigenvalue weighted by molar-refractivity contribution is 7.80. The van der Waals surface area contributed by atoms with Gasteiger partial charge in [-0.25, -0.2) is 0 Å². The molecule has 0 unspecified atom stereocenters. The average molecular weight is 335 g/mol. The maximum absolute atomic E-state index is 11.9. The second-order valence-electron chi connectivity index (χ2n) is 5.56. The highest BCUT2D eigenvalue weighted by Gasteiger charge is 2.22. The molecule has 0 spiro atoms. The highest BCUT2D eigenvalue weighted by Crippen LogP contribution is 2.23. The van der Waals surface area contributed by atoms with Crippen molar-refractivity contribution in [2.75, 3.05) is 16.0 Å². The predicted octanol–water partition coefficient (Wildman–Crippen LogP) is 3.33. The Morgan fingerprint density at radius 2 is 1.64 bits per heavy atom. The molecule has 0 aliphatic carbocycles. The van der Waals surface area contributed by atoms with Crippen LogP contribution in [0.15, 0.2) is 30.3 Å². The van der Waals surface area contributed by atoms with Crippen molar-refractivity contribution in [3.8, 4) is 0 Å². The van der Waals surface area contributed by atoms with Crippen molar-refractivity contribution in [3.05, 3.63) is 30.3 Å². The molecule has 0 saturated carbocycles. The molecule has 0 atom stereocenters. The summed E-state index contributed by atoms with van der Waals surface area (Å²) in [7, 11) is 0. The Morgan fingerprint density at radius 3 is 2.23 bits per heavy atom. The zero-order valence-electron chi connectivity index (χ0n) is 12.5. The van der Waals surface area contributed by atoms with Crippen molar-refractivity contribution in [1.29, 1.82) is 0 Å². The minimum absolute atomic E-state index is 0.111. The minimum Gasteiger partial charge on any atom is -0.332 e. The van der Waals surface area contributed by atoms with Gasteiger partial charge in [-0.3, -0.25) is 4.79 Å². The number of carbonyl (C=O) groups is 1. The lowest BCUT2D eigenvalue weighted by Gasteiger charge is -2.15. The van der Waals surface area contributed by atoms with E-state index in [0.717, 1.165) is 5.69 Å². The lowest BCUT2D eigenvalue weighted by Crippen LogP contribution is -2.27. The molecule has 1 aromatic heterocycles. The first-order chi connectivity index (χ1) is 10.3. The van der Waals surface area contributed by atoms with E-state index in [2.05, 4.69) is 26.1 Å². The molecule has 1 aromatic carbocycles. The van der Waals surface area contributed by atoms with Crippen LogP contribution in [0.3, 0.4) is 0 Å². The Kier molecular flexibility index (Phi) is 5.04. The van der Waals surface area contributed by atoms with E-state index < -0.39 is 5.41 Å². The van der Waals surface area contributed by atoms with Gasteiger partial charge in [0.05, 0.1) is 0 Å². The van der Waals surface area contributed by atoms with E-state index in [1.54, 1.807) is 0 Å². The van der Waals surface area contributed by atoms with Gasteiger partial charge in [-0.2, -0.15) is 0 Å². The van der Waals surface area contributed by atoms with E-state index in [1.165, 1.54) is 11.3 Å². The SMILES string of the molecule is CC(C)(C)C(=O)Nc1nnc(NC(=S)Nc2ccccc2)s1. The second kappa shape index (κ2) is 6.80. The molecule has 0 fully saturated rings. The summed E-state index contributed by atoms with van der Waals surface area (Å²) in [6, 6.07) is 9.56. The second-order valence-corrected chi connectivity index (χ2v) is 6.95. The van der Waals surface area contributed by atoms with Crippen LogP contribution in [-0.2, 0) is 4.79 Å². The Balaban J connectivity index is 1.92. The largest absolute Gasteiger partial charge is 0.332 e. The molecule has 2 rings (SSSR count). The van der Waals surface area contributed by atoms with Gasteiger partial charge in [-0.15, -0.1) is 10.2 Å². The van der Waals surface area contributed by atoms with Crippen molar-refractivity contribution in [1.82, 2.24) is 10.2 Å². The quantitative estimate of drug-likeness (QED) is 0.747. The van der Waals surface area contributed by atoms with Gasteiger partial charge in [-0.1, -0.05) is 50.3 Å². The van der Waals surface area contributed by atoms with Gasteiger partial charge in [-0.05, 0) is 24.4 Å². The van der Waals surface area contributed by atoms with Gasteiger partial charge >= 0.3 is 0 Å². The fraction of sp³-hybridized carbons (Fsp3) is 0.286. The molecular formula is C14H17N5OS2. The third kappa shape index (κ3) is 4.74. The average Bonchev–Trinajstić information content (AvgIpc) is 2.85. The van der Waals surface area contributed by atoms with Crippen LogP contribution < -0.4 is 16.0 Å². The van der Waals surface area contributed by atoms with Crippen molar-refractivity contribution in [3.63, 3.8) is 0 Å². The fourth-order valence-corrected chi connectivity index (χ4v) is 2.31. The van der Waals surface area contributed by atoms with E-state index in [4.69, 9.17) is 12.2 Å². The summed E-state index contributed by atoms with van der Waals surface area (Å²) in [5, 5.41) is 17.9. The Morgan fingerprint density at radius 1 is 1.05 bits per heavy atom. The smallest absolute Gasteiger partial charge is 0.231 e. The third-order valence-corrected chi connectivity index (χ3v) is 3.54. The Labute approximate surface area is 138 Å². The molecule has 0 saturated heterocycles. The molecule has 8 heteroatoms. The molecule has 3 N–H and O–H groups in total. The number of amides is 1. The first-order valence-corrected chi connectivity index (χ1v) is 7.85. The van der Waals surface area contributed by atoms with E-state index in [9.17, 15) is 4.79 Å². The first-order valence-electron chi connectivity index (χ1n) is 6.62. The van der Waals surface area contributed by atoms with Crippen LogP contribution in [0.25, 0.3) is 0 Å². The third-order valence-electron chi connectivity index (χ3n) is 2.58. The number of rotatable bonds is 3. The van der Waals surface area contributed by atoms with Crippen molar-refractivity contribution >= 4 is 50.5 Å². The zero-order chi connectivity index (χ0) is 16.2. The Hall–Kier alpha value is -2.06. The molecule has 0 radical (unpaired) electrons. The molecule has 0 aliphatic heterocycles. The van der Waals surface area contributed by atoms with Gasteiger partial charge in [0.25, 0.3) is 0 Å². The maximum Gasteiger partial charge on any atom is 0.231 e. The number of nitrogens with one attached hydrogen (secondary N) is 3. The molecule has 1 amide bonds. The molecule has 6 nitrogen and oxygen atoms in total. The molecule has 1 heterocycles. The first kappa shape index (κ1) is 16.3. The van der Waals surface area contributed by atoms with Crippen LogP contribution in [0, 0.1) is 5.41 Å². The van der Waals surface area contributed by atoms with Crippen LogP contribution in [0.4, 0.5) is 16.0 Å².